The third-order valence-electron chi connectivity index (χ3n) is 4.53. The predicted octanol–water partition coefficient (Wildman–Crippen LogP) is 1.56. The van der Waals surface area contributed by atoms with Crippen molar-refractivity contribution in [3.05, 3.63) is 5.82 Å². The summed E-state index contributed by atoms with van der Waals surface area (Å²) in [6.07, 6.45) is 0. The van der Waals surface area contributed by atoms with E-state index in [9.17, 15) is 0 Å². The minimum absolute atomic E-state index is 0.183. The first-order chi connectivity index (χ1) is 7.34. The fraction of sp³-hybridized carbons (Fsp3) is 0.909. The minimum atomic E-state index is 0.183. The monoisotopic (exact) mass is 223 g/mol. The maximum absolute atomic E-state index is 4.15. The lowest BCUT2D eigenvalue weighted by Gasteiger charge is -2.11. The van der Waals surface area contributed by atoms with Crippen LogP contribution in [0, 0.1) is 10.8 Å². The highest BCUT2D eigenvalue weighted by Crippen LogP contribution is 2.71. The first kappa shape index (κ1) is 11.5. The number of rotatable bonds is 3. The van der Waals surface area contributed by atoms with Crippen LogP contribution in [-0.4, -0.2) is 27.3 Å². The quantitative estimate of drug-likeness (QED) is 0.845. The zero-order valence-corrected chi connectivity index (χ0v) is 10.9. The molecule has 2 rings (SSSR count). The van der Waals surface area contributed by atoms with Crippen LogP contribution in [0.1, 0.15) is 52.5 Å². The van der Waals surface area contributed by atoms with E-state index < -0.39 is 0 Å². The van der Waals surface area contributed by atoms with E-state index in [1.54, 1.807) is 0 Å². The Morgan fingerprint density at radius 2 is 1.81 bits per heavy atom. The number of hydrogen-bond acceptors (Lipinski definition) is 4. The molecule has 1 unspecified atom stereocenters. The predicted molar refractivity (Wildman–Crippen MR) is 61.9 cm³/mol. The van der Waals surface area contributed by atoms with Crippen molar-refractivity contribution in [2.45, 2.75) is 46.7 Å². The fourth-order valence-electron chi connectivity index (χ4n) is 2.57. The molecule has 1 aliphatic carbocycles. The van der Waals surface area contributed by atoms with Gasteiger partial charge in [0.05, 0.1) is 12.1 Å². The molecule has 16 heavy (non-hydrogen) atoms. The highest BCUT2D eigenvalue weighted by molar-refractivity contribution is 5.17. The van der Waals surface area contributed by atoms with Gasteiger partial charge in [0, 0.05) is 0 Å². The Kier molecular flexibility index (Phi) is 2.35. The molecule has 0 saturated heterocycles. The van der Waals surface area contributed by atoms with Crippen LogP contribution < -0.4 is 5.32 Å². The molecule has 0 bridgehead atoms. The molecule has 5 heteroatoms. The van der Waals surface area contributed by atoms with Crippen LogP contribution in [0.2, 0.25) is 0 Å². The smallest absolute Gasteiger partial charge is 0.168 e. The first-order valence-corrected chi connectivity index (χ1v) is 5.79. The summed E-state index contributed by atoms with van der Waals surface area (Å²) >= 11 is 0. The first-order valence-electron chi connectivity index (χ1n) is 5.79. The van der Waals surface area contributed by atoms with Crippen molar-refractivity contribution in [1.29, 1.82) is 0 Å². The normalized spacial score (nSPS) is 24.4. The van der Waals surface area contributed by atoms with Crippen LogP contribution >= 0.6 is 0 Å². The average molecular weight is 223 g/mol. The van der Waals surface area contributed by atoms with Crippen molar-refractivity contribution in [2.24, 2.45) is 10.8 Å². The zero-order chi connectivity index (χ0) is 12.1. The molecule has 1 N–H and O–H groups in total. The van der Waals surface area contributed by atoms with Gasteiger partial charge < -0.3 is 5.32 Å². The van der Waals surface area contributed by atoms with Gasteiger partial charge in [0.1, 0.15) is 0 Å². The number of nitrogens with zero attached hydrogens (tertiary/aromatic N) is 4. The molecule has 1 heterocycles. The fourth-order valence-corrected chi connectivity index (χ4v) is 2.57. The molecular formula is C11H21N5. The van der Waals surface area contributed by atoms with Gasteiger partial charge in [-0.2, -0.15) is 0 Å². The second-order valence-corrected chi connectivity index (χ2v) is 5.84. The molecule has 1 aromatic heterocycles. The molecule has 0 spiro atoms. The van der Waals surface area contributed by atoms with Crippen molar-refractivity contribution in [3.8, 4) is 0 Å². The van der Waals surface area contributed by atoms with Gasteiger partial charge in [0.25, 0.3) is 0 Å². The Labute approximate surface area is 96.6 Å². The SMILES string of the molecule is CNC(C)c1nnnn1C1C(C)(C)C1(C)C. The molecule has 5 nitrogen and oxygen atoms in total. The van der Waals surface area contributed by atoms with Crippen molar-refractivity contribution < 1.29 is 0 Å². The lowest BCUT2D eigenvalue weighted by molar-refractivity contribution is 0.457. The van der Waals surface area contributed by atoms with Crippen LogP contribution in [0.3, 0.4) is 0 Å². The Morgan fingerprint density at radius 3 is 2.25 bits per heavy atom. The van der Waals surface area contributed by atoms with E-state index in [2.05, 4.69) is 55.5 Å². The van der Waals surface area contributed by atoms with Gasteiger partial charge in [0.15, 0.2) is 5.82 Å². The summed E-state index contributed by atoms with van der Waals surface area (Å²) < 4.78 is 1.99. The van der Waals surface area contributed by atoms with Crippen LogP contribution in [0.15, 0.2) is 0 Å². The summed E-state index contributed by atoms with van der Waals surface area (Å²) in [5.41, 5.74) is 0.509. The molecule has 1 aliphatic rings. The minimum Gasteiger partial charge on any atom is -0.311 e. The van der Waals surface area contributed by atoms with Gasteiger partial charge in [-0.15, -0.1) is 5.10 Å². The molecule has 1 saturated carbocycles. The van der Waals surface area contributed by atoms with Crippen molar-refractivity contribution in [2.75, 3.05) is 7.05 Å². The van der Waals surface area contributed by atoms with E-state index in [1.807, 2.05) is 11.7 Å². The lowest BCUT2D eigenvalue weighted by atomic mass is 10.0. The van der Waals surface area contributed by atoms with E-state index in [1.165, 1.54) is 0 Å². The van der Waals surface area contributed by atoms with Crippen LogP contribution in [0.25, 0.3) is 0 Å². The van der Waals surface area contributed by atoms with Crippen LogP contribution in [0.4, 0.5) is 0 Å². The third-order valence-corrected chi connectivity index (χ3v) is 4.53. The molecule has 90 valence electrons. The van der Waals surface area contributed by atoms with Gasteiger partial charge in [-0.3, -0.25) is 0 Å². The topological polar surface area (TPSA) is 55.6 Å². The largest absolute Gasteiger partial charge is 0.311 e. The van der Waals surface area contributed by atoms with Crippen LogP contribution in [-0.2, 0) is 0 Å². The van der Waals surface area contributed by atoms with Gasteiger partial charge in [-0.05, 0) is 35.2 Å². The third kappa shape index (κ3) is 1.30. The average Bonchev–Trinajstić information content (AvgIpc) is 2.60. The highest BCUT2D eigenvalue weighted by atomic mass is 15.6. The number of nitrogens with one attached hydrogen (secondary N) is 1. The van der Waals surface area contributed by atoms with Gasteiger partial charge >= 0.3 is 0 Å². The summed E-state index contributed by atoms with van der Waals surface area (Å²) in [5, 5.41) is 15.3. The van der Waals surface area contributed by atoms with Gasteiger partial charge in [0.2, 0.25) is 0 Å². The van der Waals surface area contributed by atoms with Crippen molar-refractivity contribution >= 4 is 0 Å². The molecule has 0 radical (unpaired) electrons. The van der Waals surface area contributed by atoms with Crippen LogP contribution in [0.5, 0.6) is 0 Å². The molecule has 1 fully saturated rings. The molecule has 0 aromatic carbocycles. The maximum Gasteiger partial charge on any atom is 0.168 e. The summed E-state index contributed by atoms with van der Waals surface area (Å²) in [6, 6.07) is 0.572. The zero-order valence-electron chi connectivity index (χ0n) is 10.9. The summed E-state index contributed by atoms with van der Waals surface area (Å²) in [4.78, 5) is 0. The van der Waals surface area contributed by atoms with E-state index in [0.29, 0.717) is 6.04 Å². The second kappa shape index (κ2) is 3.26. The molecule has 1 atom stereocenters. The lowest BCUT2D eigenvalue weighted by Crippen LogP contribution is -2.19. The maximum atomic E-state index is 4.15. The molecule has 0 amide bonds. The Morgan fingerprint density at radius 1 is 1.25 bits per heavy atom. The van der Waals surface area contributed by atoms with E-state index in [-0.39, 0.29) is 16.9 Å². The van der Waals surface area contributed by atoms with Crippen molar-refractivity contribution in [3.63, 3.8) is 0 Å². The van der Waals surface area contributed by atoms with Gasteiger partial charge in [-0.25, -0.2) is 4.68 Å². The summed E-state index contributed by atoms with van der Waals surface area (Å²) in [7, 11) is 1.92. The number of aromatic nitrogens is 4. The Bertz CT molecular complexity index is 379. The molecular weight excluding hydrogens is 202 g/mol. The van der Waals surface area contributed by atoms with Gasteiger partial charge in [-0.1, -0.05) is 27.7 Å². The van der Waals surface area contributed by atoms with E-state index >= 15 is 0 Å². The highest BCUT2D eigenvalue weighted by Gasteiger charge is 2.67. The van der Waals surface area contributed by atoms with E-state index in [4.69, 9.17) is 0 Å². The van der Waals surface area contributed by atoms with Crippen molar-refractivity contribution in [1.82, 2.24) is 25.5 Å². The number of hydrogen-bond donors (Lipinski definition) is 1. The molecule has 1 aromatic rings. The standard InChI is InChI=1S/C11H21N5/c1-7(12-6)8-13-14-15-16(8)9-10(2,3)11(9,4)5/h7,9,12H,1-6H3. The summed E-state index contributed by atoms with van der Waals surface area (Å²) in [5.74, 6) is 0.922. The molecule has 0 aliphatic heterocycles. The second-order valence-electron chi connectivity index (χ2n) is 5.84. The van der Waals surface area contributed by atoms with E-state index in [0.717, 1.165) is 5.82 Å². The Hall–Kier alpha value is -0.970. The Balaban J connectivity index is 2.34. The summed E-state index contributed by atoms with van der Waals surface area (Å²) in [6.45, 7) is 11.2. The number of tetrazole rings is 1.